The number of fused-ring (bicyclic) bond motifs is 1. The number of carbonyl (C=O) groups is 2. The third kappa shape index (κ3) is 4.23. The average Bonchev–Trinajstić information content (AvgIpc) is 3.08. The minimum atomic E-state index is -0.527. The second-order valence-corrected chi connectivity index (χ2v) is 6.73. The van der Waals surface area contributed by atoms with E-state index in [1.807, 2.05) is 24.3 Å². The molecule has 1 aliphatic heterocycles. The van der Waals surface area contributed by atoms with Crippen LogP contribution in [0.2, 0.25) is 0 Å². The lowest BCUT2D eigenvalue weighted by Gasteiger charge is -2.17. The first kappa shape index (κ1) is 18.0. The minimum Gasteiger partial charge on any atom is -0.493 e. The van der Waals surface area contributed by atoms with Crippen molar-refractivity contribution in [2.24, 2.45) is 5.92 Å². The topological polar surface area (TPSA) is 55.8 Å². The molecule has 0 aromatic heterocycles. The van der Waals surface area contributed by atoms with E-state index in [-0.39, 0.29) is 12.5 Å². The molecule has 0 aliphatic carbocycles. The molecule has 1 heterocycles. The van der Waals surface area contributed by atoms with Crippen molar-refractivity contribution in [3.8, 4) is 5.75 Å². The van der Waals surface area contributed by atoms with E-state index < -0.39 is 5.97 Å². The quantitative estimate of drug-likeness (QED) is 0.746. The van der Waals surface area contributed by atoms with Crippen molar-refractivity contribution >= 4 is 17.6 Å². The summed E-state index contributed by atoms with van der Waals surface area (Å²) in [5, 5.41) is 0. The Kier molecular flexibility index (Phi) is 5.56. The Morgan fingerprint density at radius 1 is 1.12 bits per heavy atom. The Balaban J connectivity index is 1.57. The third-order valence-corrected chi connectivity index (χ3v) is 4.17. The van der Waals surface area contributed by atoms with Crippen LogP contribution in [-0.4, -0.2) is 31.6 Å². The number of hydrogen-bond donors (Lipinski definition) is 0. The number of hydrogen-bond acceptors (Lipinski definition) is 4. The zero-order chi connectivity index (χ0) is 18.5. The summed E-state index contributed by atoms with van der Waals surface area (Å²) in [6, 6.07) is 14.6. The SMILES string of the molecule is CC(C)COc1cccc(C(=O)OCC(=O)N2CCc3ccccc32)c1. The molecule has 3 rings (SSSR count). The van der Waals surface area contributed by atoms with Gasteiger partial charge in [0.25, 0.3) is 5.91 Å². The van der Waals surface area contributed by atoms with Crippen molar-refractivity contribution in [1.29, 1.82) is 0 Å². The number of carbonyl (C=O) groups excluding carboxylic acids is 2. The summed E-state index contributed by atoms with van der Waals surface area (Å²) in [6.07, 6.45) is 0.824. The van der Waals surface area contributed by atoms with Crippen LogP contribution in [0.15, 0.2) is 48.5 Å². The fraction of sp³-hybridized carbons (Fsp3) is 0.333. The summed E-state index contributed by atoms with van der Waals surface area (Å²) < 4.78 is 10.8. The molecule has 26 heavy (non-hydrogen) atoms. The molecule has 5 nitrogen and oxygen atoms in total. The van der Waals surface area contributed by atoms with Crippen molar-refractivity contribution in [3.63, 3.8) is 0 Å². The minimum absolute atomic E-state index is 0.212. The first-order valence-corrected chi connectivity index (χ1v) is 8.83. The number of amides is 1. The van der Waals surface area contributed by atoms with Gasteiger partial charge >= 0.3 is 5.97 Å². The van der Waals surface area contributed by atoms with E-state index in [1.54, 1.807) is 29.2 Å². The van der Waals surface area contributed by atoms with E-state index in [4.69, 9.17) is 9.47 Å². The predicted octanol–water partition coefficient (Wildman–Crippen LogP) is 3.47. The number of anilines is 1. The lowest BCUT2D eigenvalue weighted by Crippen LogP contribution is -2.33. The number of benzene rings is 2. The highest BCUT2D eigenvalue weighted by molar-refractivity contribution is 5.98. The van der Waals surface area contributed by atoms with Gasteiger partial charge in [-0.3, -0.25) is 4.79 Å². The summed E-state index contributed by atoms with van der Waals surface area (Å²) in [4.78, 5) is 26.3. The van der Waals surface area contributed by atoms with E-state index in [9.17, 15) is 9.59 Å². The third-order valence-electron chi connectivity index (χ3n) is 4.17. The second-order valence-electron chi connectivity index (χ2n) is 6.73. The Morgan fingerprint density at radius 2 is 1.92 bits per heavy atom. The van der Waals surface area contributed by atoms with Crippen molar-refractivity contribution in [2.45, 2.75) is 20.3 Å². The van der Waals surface area contributed by atoms with Crippen LogP contribution in [0.25, 0.3) is 0 Å². The van der Waals surface area contributed by atoms with Gasteiger partial charge in [0, 0.05) is 12.2 Å². The predicted molar refractivity (Wildman–Crippen MR) is 99.6 cm³/mol. The van der Waals surface area contributed by atoms with Crippen molar-refractivity contribution < 1.29 is 19.1 Å². The van der Waals surface area contributed by atoms with Crippen LogP contribution in [0.5, 0.6) is 5.75 Å². The first-order chi connectivity index (χ1) is 12.5. The van der Waals surface area contributed by atoms with Crippen LogP contribution in [0.4, 0.5) is 5.69 Å². The Bertz CT molecular complexity index is 800. The number of para-hydroxylation sites is 1. The fourth-order valence-electron chi connectivity index (χ4n) is 2.86. The van der Waals surface area contributed by atoms with Crippen molar-refractivity contribution in [1.82, 2.24) is 0 Å². The van der Waals surface area contributed by atoms with Crippen LogP contribution in [-0.2, 0) is 16.0 Å². The van der Waals surface area contributed by atoms with Crippen LogP contribution in [0.3, 0.4) is 0 Å². The van der Waals surface area contributed by atoms with Gasteiger partial charge in [0.05, 0.1) is 12.2 Å². The average molecular weight is 353 g/mol. The lowest BCUT2D eigenvalue weighted by atomic mass is 10.2. The highest BCUT2D eigenvalue weighted by atomic mass is 16.5. The molecular weight excluding hydrogens is 330 g/mol. The molecule has 1 aliphatic rings. The van der Waals surface area contributed by atoms with E-state index in [1.165, 1.54) is 0 Å². The summed E-state index contributed by atoms with van der Waals surface area (Å²) >= 11 is 0. The standard InChI is InChI=1S/C21H23NO4/c1-15(2)13-25-18-8-5-7-17(12-18)21(24)26-14-20(23)22-11-10-16-6-3-4-9-19(16)22/h3-9,12,15H,10-11,13-14H2,1-2H3. The first-order valence-electron chi connectivity index (χ1n) is 8.83. The zero-order valence-corrected chi connectivity index (χ0v) is 15.1. The highest BCUT2D eigenvalue weighted by Gasteiger charge is 2.25. The molecule has 5 heteroatoms. The summed E-state index contributed by atoms with van der Waals surface area (Å²) in [6.45, 7) is 5.03. The van der Waals surface area contributed by atoms with Crippen LogP contribution in [0, 0.1) is 5.92 Å². The van der Waals surface area contributed by atoms with Crippen molar-refractivity contribution in [3.05, 3.63) is 59.7 Å². The van der Waals surface area contributed by atoms with Gasteiger partial charge in [0.2, 0.25) is 0 Å². The molecule has 0 saturated carbocycles. The fourth-order valence-corrected chi connectivity index (χ4v) is 2.86. The number of rotatable bonds is 6. The summed E-state index contributed by atoms with van der Waals surface area (Å²) in [5.41, 5.74) is 2.42. The Morgan fingerprint density at radius 3 is 2.73 bits per heavy atom. The Labute approximate surface area is 153 Å². The van der Waals surface area contributed by atoms with Gasteiger partial charge in [-0.15, -0.1) is 0 Å². The van der Waals surface area contributed by atoms with Gasteiger partial charge in [-0.05, 0) is 42.2 Å². The smallest absolute Gasteiger partial charge is 0.338 e. The van der Waals surface area contributed by atoms with Gasteiger partial charge in [0.1, 0.15) is 5.75 Å². The molecule has 0 spiro atoms. The molecule has 0 atom stereocenters. The maximum absolute atomic E-state index is 12.4. The molecule has 0 unspecified atom stereocenters. The molecule has 2 aromatic rings. The summed E-state index contributed by atoms with van der Waals surface area (Å²) in [5.74, 6) is 0.274. The largest absolute Gasteiger partial charge is 0.493 e. The Hall–Kier alpha value is -2.82. The van der Waals surface area contributed by atoms with E-state index in [0.29, 0.717) is 30.4 Å². The molecule has 136 valence electrons. The van der Waals surface area contributed by atoms with Gasteiger partial charge in [-0.2, -0.15) is 0 Å². The van der Waals surface area contributed by atoms with Crippen LogP contribution < -0.4 is 9.64 Å². The van der Waals surface area contributed by atoms with E-state index in [0.717, 1.165) is 17.7 Å². The maximum Gasteiger partial charge on any atom is 0.338 e. The molecule has 0 bridgehead atoms. The molecule has 0 saturated heterocycles. The van der Waals surface area contributed by atoms with Gasteiger partial charge < -0.3 is 14.4 Å². The molecule has 0 radical (unpaired) electrons. The normalized spacial score (nSPS) is 12.8. The summed E-state index contributed by atoms with van der Waals surface area (Å²) in [7, 11) is 0. The lowest BCUT2D eigenvalue weighted by molar-refractivity contribution is -0.121. The van der Waals surface area contributed by atoms with Crippen LogP contribution >= 0.6 is 0 Å². The maximum atomic E-state index is 12.4. The van der Waals surface area contributed by atoms with E-state index >= 15 is 0 Å². The number of esters is 1. The van der Waals surface area contributed by atoms with Gasteiger partial charge in [-0.1, -0.05) is 38.1 Å². The van der Waals surface area contributed by atoms with Crippen molar-refractivity contribution in [2.75, 3.05) is 24.7 Å². The highest BCUT2D eigenvalue weighted by Crippen LogP contribution is 2.27. The van der Waals surface area contributed by atoms with Crippen LogP contribution in [0.1, 0.15) is 29.8 Å². The molecular formula is C21H23NO4. The number of ether oxygens (including phenoxy) is 2. The van der Waals surface area contributed by atoms with Gasteiger partial charge in [-0.25, -0.2) is 4.79 Å². The second kappa shape index (κ2) is 8.04. The van der Waals surface area contributed by atoms with Gasteiger partial charge in [0.15, 0.2) is 6.61 Å². The molecule has 1 amide bonds. The monoisotopic (exact) mass is 353 g/mol. The number of nitrogens with zero attached hydrogens (tertiary/aromatic N) is 1. The molecule has 0 fully saturated rings. The molecule has 2 aromatic carbocycles. The van der Waals surface area contributed by atoms with E-state index in [2.05, 4.69) is 13.8 Å². The molecule has 0 N–H and O–H groups in total. The zero-order valence-electron chi connectivity index (χ0n) is 15.1.